The number of rotatable bonds is 7. The van der Waals surface area contributed by atoms with Gasteiger partial charge in [-0.15, -0.1) is 0 Å². The number of nitrogens with one attached hydrogen (secondary N) is 2. The first kappa shape index (κ1) is 15.1. The largest absolute Gasteiger partial charge is 0.480 e. The fourth-order valence-electron chi connectivity index (χ4n) is 1.68. The summed E-state index contributed by atoms with van der Waals surface area (Å²) in [4.78, 5) is 22.5. The first-order chi connectivity index (χ1) is 8.63. The smallest absolute Gasteiger partial charge is 0.326 e. The molecule has 1 unspecified atom stereocenters. The number of ether oxygens (including phenoxy) is 1. The molecule has 1 aliphatic rings. The van der Waals surface area contributed by atoms with Gasteiger partial charge in [0.15, 0.2) is 0 Å². The van der Waals surface area contributed by atoms with Crippen molar-refractivity contribution in [3.8, 4) is 0 Å². The Morgan fingerprint density at radius 1 is 1.56 bits per heavy atom. The van der Waals surface area contributed by atoms with Crippen LogP contribution in [0.2, 0.25) is 0 Å². The van der Waals surface area contributed by atoms with E-state index in [2.05, 4.69) is 10.6 Å². The molecule has 3 N–H and O–H groups in total. The Hall–Kier alpha value is -0.950. The van der Waals surface area contributed by atoms with Gasteiger partial charge in [-0.05, 0) is 24.9 Å². The minimum absolute atomic E-state index is 0.338. The third-order valence-corrected chi connectivity index (χ3v) is 3.43. The topological polar surface area (TPSA) is 87.7 Å². The van der Waals surface area contributed by atoms with Crippen LogP contribution in [0.15, 0.2) is 0 Å². The molecule has 0 saturated carbocycles. The average Bonchev–Trinajstić information content (AvgIpc) is 2.84. The van der Waals surface area contributed by atoms with Crippen molar-refractivity contribution in [2.75, 3.05) is 31.8 Å². The van der Waals surface area contributed by atoms with Crippen LogP contribution in [0.25, 0.3) is 0 Å². The second-order valence-corrected chi connectivity index (χ2v) is 5.24. The molecular formula is C11H20N2O4S. The zero-order valence-corrected chi connectivity index (χ0v) is 11.3. The summed E-state index contributed by atoms with van der Waals surface area (Å²) in [5.41, 5.74) is 0. The number of carboxylic acid groups (broad SMARTS) is 1. The van der Waals surface area contributed by atoms with Crippen molar-refractivity contribution in [1.82, 2.24) is 10.6 Å². The summed E-state index contributed by atoms with van der Waals surface area (Å²) in [5.74, 6) is 0.0434. The van der Waals surface area contributed by atoms with Gasteiger partial charge < -0.3 is 20.5 Å². The lowest BCUT2D eigenvalue weighted by molar-refractivity contribution is -0.139. The lowest BCUT2D eigenvalue weighted by atomic mass is 10.1. The predicted octanol–water partition coefficient (Wildman–Crippen LogP) is 0.528. The molecule has 1 fully saturated rings. The molecular weight excluding hydrogens is 256 g/mol. The summed E-state index contributed by atoms with van der Waals surface area (Å²) >= 11 is 1.56. The predicted molar refractivity (Wildman–Crippen MR) is 69.9 cm³/mol. The van der Waals surface area contributed by atoms with Crippen molar-refractivity contribution in [2.45, 2.75) is 18.9 Å². The summed E-state index contributed by atoms with van der Waals surface area (Å²) in [6, 6.07) is -1.24. The van der Waals surface area contributed by atoms with E-state index in [1.165, 1.54) is 0 Å². The van der Waals surface area contributed by atoms with Gasteiger partial charge >= 0.3 is 12.0 Å². The molecule has 1 saturated heterocycles. The summed E-state index contributed by atoms with van der Waals surface area (Å²) in [5, 5.41) is 14.1. The van der Waals surface area contributed by atoms with E-state index in [-0.39, 0.29) is 0 Å². The molecule has 1 aliphatic heterocycles. The van der Waals surface area contributed by atoms with E-state index in [1.54, 1.807) is 11.8 Å². The molecule has 0 bridgehead atoms. The zero-order valence-electron chi connectivity index (χ0n) is 10.5. The highest BCUT2D eigenvalue weighted by atomic mass is 32.2. The van der Waals surface area contributed by atoms with Crippen molar-refractivity contribution in [3.05, 3.63) is 0 Å². The average molecular weight is 276 g/mol. The normalized spacial score (nSPS) is 20.4. The van der Waals surface area contributed by atoms with E-state index in [0.29, 0.717) is 31.2 Å². The summed E-state index contributed by atoms with van der Waals surface area (Å²) in [6.45, 7) is 1.93. The Labute approximate surface area is 111 Å². The van der Waals surface area contributed by atoms with Gasteiger partial charge in [0, 0.05) is 19.1 Å². The van der Waals surface area contributed by atoms with E-state index < -0.39 is 18.0 Å². The lowest BCUT2D eigenvalue weighted by Gasteiger charge is -2.15. The van der Waals surface area contributed by atoms with Gasteiger partial charge in [-0.1, -0.05) is 0 Å². The van der Waals surface area contributed by atoms with Gasteiger partial charge in [0.05, 0.1) is 6.61 Å². The second-order valence-electron chi connectivity index (χ2n) is 4.26. The summed E-state index contributed by atoms with van der Waals surface area (Å²) in [7, 11) is 0. The maximum absolute atomic E-state index is 11.5. The third-order valence-electron chi connectivity index (χ3n) is 2.79. The zero-order chi connectivity index (χ0) is 13.4. The molecule has 18 heavy (non-hydrogen) atoms. The van der Waals surface area contributed by atoms with Crippen LogP contribution in [0.1, 0.15) is 12.8 Å². The second kappa shape index (κ2) is 8.20. The monoisotopic (exact) mass is 276 g/mol. The highest BCUT2D eigenvalue weighted by Crippen LogP contribution is 2.10. The molecule has 0 aromatic rings. The highest BCUT2D eigenvalue weighted by molar-refractivity contribution is 7.98. The number of urea groups is 1. The summed E-state index contributed by atoms with van der Waals surface area (Å²) < 4.78 is 5.19. The molecule has 2 atom stereocenters. The van der Waals surface area contributed by atoms with Gasteiger partial charge in [-0.3, -0.25) is 0 Å². The standard InChI is InChI=1S/C11H20N2O4S/c1-18-5-3-9(10(14)15)13-11(16)12-6-8-2-4-17-7-8/h8-9H,2-7H2,1H3,(H,14,15)(H2,12,13,16)/t8?,9-/m1/s1. The molecule has 0 aliphatic carbocycles. The fourth-order valence-corrected chi connectivity index (χ4v) is 2.16. The van der Waals surface area contributed by atoms with E-state index in [0.717, 1.165) is 13.0 Å². The molecule has 2 amide bonds. The maximum atomic E-state index is 11.5. The van der Waals surface area contributed by atoms with Gasteiger partial charge in [0.25, 0.3) is 0 Å². The molecule has 0 radical (unpaired) electrons. The van der Waals surface area contributed by atoms with Crippen LogP contribution in [-0.4, -0.2) is 54.9 Å². The number of amides is 2. The van der Waals surface area contributed by atoms with Crippen LogP contribution in [0.3, 0.4) is 0 Å². The Balaban J connectivity index is 2.24. The number of thioether (sulfide) groups is 1. The first-order valence-electron chi connectivity index (χ1n) is 5.97. The van der Waals surface area contributed by atoms with E-state index in [1.807, 2.05) is 6.26 Å². The number of hydrogen-bond donors (Lipinski definition) is 3. The molecule has 6 nitrogen and oxygen atoms in total. The molecule has 1 heterocycles. The highest BCUT2D eigenvalue weighted by Gasteiger charge is 2.20. The summed E-state index contributed by atoms with van der Waals surface area (Å²) in [6.07, 6.45) is 3.27. The number of aliphatic carboxylic acids is 1. The maximum Gasteiger partial charge on any atom is 0.326 e. The number of carbonyl (C=O) groups is 2. The van der Waals surface area contributed by atoms with E-state index >= 15 is 0 Å². The van der Waals surface area contributed by atoms with Crippen molar-refractivity contribution in [1.29, 1.82) is 0 Å². The SMILES string of the molecule is CSCC[C@@H](NC(=O)NCC1CCOC1)C(=O)O. The quantitative estimate of drug-likeness (QED) is 0.631. The Bertz CT molecular complexity index is 282. The van der Waals surface area contributed by atoms with E-state index in [4.69, 9.17) is 9.84 Å². The van der Waals surface area contributed by atoms with Gasteiger partial charge in [0.2, 0.25) is 0 Å². The van der Waals surface area contributed by atoms with Crippen LogP contribution in [0.4, 0.5) is 4.79 Å². The minimum Gasteiger partial charge on any atom is -0.480 e. The first-order valence-corrected chi connectivity index (χ1v) is 7.36. The van der Waals surface area contributed by atoms with Crippen molar-refractivity contribution in [2.24, 2.45) is 5.92 Å². The molecule has 0 aromatic heterocycles. The van der Waals surface area contributed by atoms with E-state index in [9.17, 15) is 9.59 Å². The van der Waals surface area contributed by atoms with Crippen molar-refractivity contribution in [3.63, 3.8) is 0 Å². The molecule has 7 heteroatoms. The molecule has 0 aromatic carbocycles. The van der Waals surface area contributed by atoms with Gasteiger partial charge in [-0.2, -0.15) is 11.8 Å². The van der Waals surface area contributed by atoms with Crippen molar-refractivity contribution >= 4 is 23.8 Å². The Morgan fingerprint density at radius 2 is 2.33 bits per heavy atom. The van der Waals surface area contributed by atoms with Crippen LogP contribution >= 0.6 is 11.8 Å². The van der Waals surface area contributed by atoms with Crippen molar-refractivity contribution < 1.29 is 19.4 Å². The third kappa shape index (κ3) is 5.59. The Kier molecular flexibility index (Phi) is 6.89. The van der Waals surface area contributed by atoms with Crippen LogP contribution in [0.5, 0.6) is 0 Å². The molecule has 0 spiro atoms. The van der Waals surface area contributed by atoms with Gasteiger partial charge in [-0.25, -0.2) is 9.59 Å². The Morgan fingerprint density at radius 3 is 2.89 bits per heavy atom. The molecule has 1 rings (SSSR count). The van der Waals surface area contributed by atoms with Crippen LogP contribution in [-0.2, 0) is 9.53 Å². The molecule has 104 valence electrons. The fraction of sp³-hybridized carbons (Fsp3) is 0.818. The number of carbonyl (C=O) groups excluding carboxylic acids is 1. The van der Waals surface area contributed by atoms with Crippen LogP contribution in [0, 0.1) is 5.92 Å². The van der Waals surface area contributed by atoms with Gasteiger partial charge in [0.1, 0.15) is 6.04 Å². The lowest BCUT2D eigenvalue weighted by Crippen LogP contribution is -2.47. The number of carboxylic acids is 1. The number of hydrogen-bond acceptors (Lipinski definition) is 4. The minimum atomic E-state index is -0.997. The van der Waals surface area contributed by atoms with Crippen LogP contribution < -0.4 is 10.6 Å².